The van der Waals surface area contributed by atoms with Crippen LogP contribution in [0.4, 0.5) is 4.39 Å². The minimum absolute atomic E-state index is 0.0393. The van der Waals surface area contributed by atoms with Gasteiger partial charge in [0.2, 0.25) is 0 Å². The quantitative estimate of drug-likeness (QED) is 0.930. The summed E-state index contributed by atoms with van der Waals surface area (Å²) in [5, 5.41) is 3.39. The molecule has 1 heterocycles. The molecule has 0 amide bonds. The Kier molecular flexibility index (Phi) is 4.14. The van der Waals surface area contributed by atoms with Crippen LogP contribution < -0.4 is 5.32 Å². The smallest absolute Gasteiger partial charge is 0.159 e. The first-order chi connectivity index (χ1) is 9.35. The highest BCUT2D eigenvalue weighted by atomic mass is 19.1. The van der Waals surface area contributed by atoms with Crippen molar-refractivity contribution in [3.8, 4) is 11.4 Å². The maximum Gasteiger partial charge on any atom is 0.159 e. The Labute approximate surface area is 119 Å². The van der Waals surface area contributed by atoms with E-state index in [-0.39, 0.29) is 11.4 Å². The van der Waals surface area contributed by atoms with Gasteiger partial charge in [0.05, 0.1) is 5.69 Å². The van der Waals surface area contributed by atoms with E-state index in [1.165, 1.54) is 6.07 Å². The fraction of sp³-hybridized carbons (Fsp3) is 0.375. The summed E-state index contributed by atoms with van der Waals surface area (Å²) < 4.78 is 13.3. The number of aromatic nitrogens is 2. The summed E-state index contributed by atoms with van der Waals surface area (Å²) in [6, 6.07) is 6.82. The van der Waals surface area contributed by atoms with Crippen LogP contribution in [0.3, 0.4) is 0 Å². The standard InChI is InChI=1S/C16H20FN3/c1-11-9-12(5-6-14(11)17)15-18-8-7-13(20-15)10-19-16(2,3)4/h5-9,19H,10H2,1-4H3. The van der Waals surface area contributed by atoms with Crippen LogP contribution in [-0.2, 0) is 6.54 Å². The summed E-state index contributed by atoms with van der Waals surface area (Å²) in [6.07, 6.45) is 1.74. The number of benzene rings is 1. The molecule has 2 rings (SSSR count). The third-order valence-corrected chi connectivity index (χ3v) is 2.93. The molecule has 0 aliphatic heterocycles. The monoisotopic (exact) mass is 273 g/mol. The first-order valence-corrected chi connectivity index (χ1v) is 6.69. The Bertz CT molecular complexity index is 603. The molecule has 1 aromatic heterocycles. The number of aryl methyl sites for hydroxylation is 1. The van der Waals surface area contributed by atoms with Gasteiger partial charge in [0.1, 0.15) is 5.82 Å². The van der Waals surface area contributed by atoms with Crippen molar-refractivity contribution in [2.24, 2.45) is 0 Å². The van der Waals surface area contributed by atoms with Gasteiger partial charge in [-0.25, -0.2) is 14.4 Å². The van der Waals surface area contributed by atoms with Crippen molar-refractivity contribution in [2.45, 2.75) is 39.8 Å². The SMILES string of the molecule is Cc1cc(-c2nccc(CNC(C)(C)C)n2)ccc1F. The molecule has 0 fully saturated rings. The number of hydrogen-bond acceptors (Lipinski definition) is 3. The number of halogens is 1. The molecule has 0 radical (unpaired) electrons. The van der Waals surface area contributed by atoms with E-state index < -0.39 is 0 Å². The molecule has 0 spiro atoms. The second kappa shape index (κ2) is 5.67. The molecule has 1 N–H and O–H groups in total. The first-order valence-electron chi connectivity index (χ1n) is 6.69. The molecule has 0 saturated carbocycles. The van der Waals surface area contributed by atoms with E-state index in [0.29, 0.717) is 17.9 Å². The Morgan fingerprint density at radius 1 is 1.20 bits per heavy atom. The number of nitrogens with one attached hydrogen (secondary N) is 1. The highest BCUT2D eigenvalue weighted by Gasteiger charge is 2.10. The second-order valence-electron chi connectivity index (χ2n) is 5.94. The zero-order valence-electron chi connectivity index (χ0n) is 12.4. The lowest BCUT2D eigenvalue weighted by atomic mass is 10.1. The van der Waals surface area contributed by atoms with Crippen LogP contribution in [0.1, 0.15) is 32.0 Å². The van der Waals surface area contributed by atoms with E-state index >= 15 is 0 Å². The van der Waals surface area contributed by atoms with Crippen LogP contribution in [0, 0.1) is 12.7 Å². The fourth-order valence-electron chi connectivity index (χ4n) is 1.77. The molecule has 106 valence electrons. The van der Waals surface area contributed by atoms with Gasteiger partial charge in [-0.05, 0) is 57.5 Å². The van der Waals surface area contributed by atoms with Crippen molar-refractivity contribution in [1.82, 2.24) is 15.3 Å². The van der Waals surface area contributed by atoms with Gasteiger partial charge in [0.15, 0.2) is 5.82 Å². The normalized spacial score (nSPS) is 11.7. The minimum Gasteiger partial charge on any atom is -0.306 e. The van der Waals surface area contributed by atoms with Gasteiger partial charge in [0.25, 0.3) is 0 Å². The van der Waals surface area contributed by atoms with Gasteiger partial charge in [-0.1, -0.05) is 0 Å². The average Bonchev–Trinajstić information content (AvgIpc) is 2.39. The van der Waals surface area contributed by atoms with Crippen LogP contribution in [-0.4, -0.2) is 15.5 Å². The van der Waals surface area contributed by atoms with Crippen LogP contribution >= 0.6 is 0 Å². The van der Waals surface area contributed by atoms with Crippen molar-refractivity contribution in [3.63, 3.8) is 0 Å². The molecule has 20 heavy (non-hydrogen) atoms. The summed E-state index contributed by atoms with van der Waals surface area (Å²) in [5.41, 5.74) is 2.40. The summed E-state index contributed by atoms with van der Waals surface area (Å²) in [7, 11) is 0. The molecule has 0 saturated heterocycles. The zero-order chi connectivity index (χ0) is 14.8. The Morgan fingerprint density at radius 2 is 1.95 bits per heavy atom. The van der Waals surface area contributed by atoms with Crippen molar-refractivity contribution >= 4 is 0 Å². The number of hydrogen-bond donors (Lipinski definition) is 1. The van der Waals surface area contributed by atoms with Gasteiger partial charge in [-0.3, -0.25) is 0 Å². The molecule has 2 aromatic rings. The maximum absolute atomic E-state index is 13.3. The van der Waals surface area contributed by atoms with Gasteiger partial charge >= 0.3 is 0 Å². The highest BCUT2D eigenvalue weighted by molar-refractivity contribution is 5.56. The molecule has 0 aliphatic carbocycles. The average molecular weight is 273 g/mol. The molecule has 0 aliphatic rings. The Morgan fingerprint density at radius 3 is 2.60 bits per heavy atom. The lowest BCUT2D eigenvalue weighted by Crippen LogP contribution is -2.35. The Balaban J connectivity index is 2.23. The first kappa shape index (κ1) is 14.6. The summed E-state index contributed by atoms with van der Waals surface area (Å²) in [6.45, 7) is 8.75. The second-order valence-corrected chi connectivity index (χ2v) is 5.94. The molecule has 4 heteroatoms. The van der Waals surface area contributed by atoms with Crippen molar-refractivity contribution < 1.29 is 4.39 Å². The van der Waals surface area contributed by atoms with Gasteiger partial charge in [-0.2, -0.15) is 0 Å². The fourth-order valence-corrected chi connectivity index (χ4v) is 1.77. The van der Waals surface area contributed by atoms with E-state index in [4.69, 9.17) is 0 Å². The third-order valence-electron chi connectivity index (χ3n) is 2.93. The predicted octanol–water partition coefficient (Wildman–Crippen LogP) is 3.48. The summed E-state index contributed by atoms with van der Waals surface area (Å²) in [5.74, 6) is 0.417. The van der Waals surface area contributed by atoms with Crippen LogP contribution in [0.2, 0.25) is 0 Å². The van der Waals surface area contributed by atoms with E-state index in [0.717, 1.165) is 11.3 Å². The molecule has 3 nitrogen and oxygen atoms in total. The van der Waals surface area contributed by atoms with Crippen LogP contribution in [0.25, 0.3) is 11.4 Å². The van der Waals surface area contributed by atoms with E-state index in [1.54, 1.807) is 25.3 Å². The van der Waals surface area contributed by atoms with E-state index in [1.807, 2.05) is 6.07 Å². The summed E-state index contributed by atoms with van der Waals surface area (Å²) >= 11 is 0. The van der Waals surface area contributed by atoms with Crippen molar-refractivity contribution in [2.75, 3.05) is 0 Å². The Hall–Kier alpha value is -1.81. The number of rotatable bonds is 3. The zero-order valence-corrected chi connectivity index (χ0v) is 12.4. The van der Waals surface area contributed by atoms with Gasteiger partial charge in [0, 0.05) is 23.8 Å². The van der Waals surface area contributed by atoms with Crippen molar-refractivity contribution in [3.05, 3.63) is 47.5 Å². The molecular formula is C16H20FN3. The van der Waals surface area contributed by atoms with E-state index in [9.17, 15) is 4.39 Å². The van der Waals surface area contributed by atoms with Gasteiger partial charge in [-0.15, -0.1) is 0 Å². The van der Waals surface area contributed by atoms with Gasteiger partial charge < -0.3 is 5.32 Å². The molecule has 0 unspecified atom stereocenters. The molecular weight excluding hydrogens is 253 g/mol. The highest BCUT2D eigenvalue weighted by Crippen LogP contribution is 2.18. The summed E-state index contributed by atoms with van der Waals surface area (Å²) in [4.78, 5) is 8.78. The molecule has 0 atom stereocenters. The lowest BCUT2D eigenvalue weighted by molar-refractivity contribution is 0.421. The van der Waals surface area contributed by atoms with Crippen LogP contribution in [0.15, 0.2) is 30.5 Å². The van der Waals surface area contributed by atoms with Crippen LogP contribution in [0.5, 0.6) is 0 Å². The minimum atomic E-state index is -0.209. The van der Waals surface area contributed by atoms with Crippen molar-refractivity contribution in [1.29, 1.82) is 0 Å². The third kappa shape index (κ3) is 3.84. The lowest BCUT2D eigenvalue weighted by Gasteiger charge is -2.20. The largest absolute Gasteiger partial charge is 0.306 e. The topological polar surface area (TPSA) is 37.8 Å². The molecule has 1 aromatic carbocycles. The predicted molar refractivity (Wildman–Crippen MR) is 78.8 cm³/mol. The van der Waals surface area contributed by atoms with E-state index in [2.05, 4.69) is 36.1 Å². The molecule has 0 bridgehead atoms. The maximum atomic E-state index is 13.3. The number of nitrogens with zero attached hydrogens (tertiary/aromatic N) is 2.